The first-order valence-corrected chi connectivity index (χ1v) is 4.72. The van der Waals surface area contributed by atoms with Crippen molar-refractivity contribution < 1.29 is 14.3 Å². The smallest absolute Gasteiger partial charge is 0.409 e. The average molecular weight is 187 g/mol. The molecule has 1 unspecified atom stereocenters. The summed E-state index contributed by atoms with van der Waals surface area (Å²) in [6.07, 6.45) is 1.75. The van der Waals surface area contributed by atoms with Crippen molar-refractivity contribution in [3.05, 3.63) is 0 Å². The monoisotopic (exact) mass is 187 g/mol. The highest BCUT2D eigenvalue weighted by Gasteiger charge is 2.21. The van der Waals surface area contributed by atoms with Gasteiger partial charge in [0.2, 0.25) is 0 Å². The largest absolute Gasteiger partial charge is 0.453 e. The summed E-state index contributed by atoms with van der Waals surface area (Å²) in [6, 6.07) is 0. The molecule has 0 N–H and O–H groups in total. The van der Waals surface area contributed by atoms with E-state index < -0.39 is 0 Å². The SMILES string of the molecule is CCC1CN(C(=O)OC)CCCO1. The number of amides is 1. The minimum Gasteiger partial charge on any atom is -0.453 e. The molecular formula is C9H17NO3. The molecule has 4 nitrogen and oxygen atoms in total. The van der Waals surface area contributed by atoms with E-state index in [0.717, 1.165) is 26.0 Å². The first-order chi connectivity index (χ1) is 6.27. The van der Waals surface area contributed by atoms with Crippen LogP contribution >= 0.6 is 0 Å². The van der Waals surface area contributed by atoms with E-state index in [0.29, 0.717) is 6.54 Å². The molecule has 1 atom stereocenters. The summed E-state index contributed by atoms with van der Waals surface area (Å²) in [5.74, 6) is 0. The topological polar surface area (TPSA) is 38.8 Å². The maximum Gasteiger partial charge on any atom is 0.409 e. The van der Waals surface area contributed by atoms with Crippen molar-refractivity contribution in [1.82, 2.24) is 4.90 Å². The summed E-state index contributed by atoms with van der Waals surface area (Å²) in [5.41, 5.74) is 0. The second-order valence-electron chi connectivity index (χ2n) is 3.17. The molecule has 0 aromatic rings. The number of nitrogens with zero attached hydrogens (tertiary/aromatic N) is 1. The fraction of sp³-hybridized carbons (Fsp3) is 0.889. The Kier molecular flexibility index (Phi) is 4.02. The zero-order valence-electron chi connectivity index (χ0n) is 8.28. The van der Waals surface area contributed by atoms with Gasteiger partial charge in [0, 0.05) is 13.2 Å². The normalized spacial score (nSPS) is 23.8. The number of carbonyl (C=O) groups excluding carboxylic acids is 1. The van der Waals surface area contributed by atoms with Crippen LogP contribution < -0.4 is 0 Å². The Morgan fingerprint density at radius 2 is 2.46 bits per heavy atom. The van der Waals surface area contributed by atoms with Crippen LogP contribution in [0.1, 0.15) is 19.8 Å². The van der Waals surface area contributed by atoms with Crippen molar-refractivity contribution in [3.8, 4) is 0 Å². The number of carbonyl (C=O) groups is 1. The fourth-order valence-electron chi connectivity index (χ4n) is 1.44. The van der Waals surface area contributed by atoms with E-state index in [9.17, 15) is 4.79 Å². The zero-order valence-corrected chi connectivity index (χ0v) is 8.28. The van der Waals surface area contributed by atoms with Crippen LogP contribution in [0.5, 0.6) is 0 Å². The number of ether oxygens (including phenoxy) is 2. The predicted molar refractivity (Wildman–Crippen MR) is 48.6 cm³/mol. The lowest BCUT2D eigenvalue weighted by atomic mass is 10.2. The number of hydrogen-bond donors (Lipinski definition) is 0. The summed E-state index contributed by atoms with van der Waals surface area (Å²) in [6.45, 7) is 4.20. The van der Waals surface area contributed by atoms with Crippen LogP contribution in [0.4, 0.5) is 4.79 Å². The van der Waals surface area contributed by atoms with Gasteiger partial charge in [0.25, 0.3) is 0 Å². The maximum atomic E-state index is 11.2. The molecule has 13 heavy (non-hydrogen) atoms. The average Bonchev–Trinajstić information content (AvgIpc) is 2.41. The van der Waals surface area contributed by atoms with Gasteiger partial charge in [-0.05, 0) is 12.8 Å². The summed E-state index contributed by atoms with van der Waals surface area (Å²) in [5, 5.41) is 0. The van der Waals surface area contributed by atoms with E-state index in [4.69, 9.17) is 4.74 Å². The van der Waals surface area contributed by atoms with Gasteiger partial charge in [-0.25, -0.2) is 4.79 Å². The molecule has 1 amide bonds. The third kappa shape index (κ3) is 2.88. The van der Waals surface area contributed by atoms with Crippen LogP contribution in [0.3, 0.4) is 0 Å². The molecule has 0 radical (unpaired) electrons. The van der Waals surface area contributed by atoms with Crippen LogP contribution in [0, 0.1) is 0 Å². The lowest BCUT2D eigenvalue weighted by Crippen LogP contribution is -2.36. The third-order valence-electron chi connectivity index (χ3n) is 2.24. The van der Waals surface area contributed by atoms with E-state index in [1.54, 1.807) is 4.90 Å². The van der Waals surface area contributed by atoms with E-state index >= 15 is 0 Å². The van der Waals surface area contributed by atoms with Crippen molar-refractivity contribution in [2.75, 3.05) is 26.8 Å². The highest BCUT2D eigenvalue weighted by molar-refractivity contribution is 5.67. The molecule has 0 saturated carbocycles. The quantitative estimate of drug-likeness (QED) is 0.620. The van der Waals surface area contributed by atoms with Gasteiger partial charge in [-0.15, -0.1) is 0 Å². The van der Waals surface area contributed by atoms with Crippen molar-refractivity contribution in [2.24, 2.45) is 0 Å². The standard InChI is InChI=1S/C9H17NO3/c1-3-8-7-10(9(11)12-2)5-4-6-13-8/h8H,3-7H2,1-2H3. The molecular weight excluding hydrogens is 170 g/mol. The Labute approximate surface area is 78.8 Å². The molecule has 0 aromatic heterocycles. The first-order valence-electron chi connectivity index (χ1n) is 4.72. The van der Waals surface area contributed by atoms with Gasteiger partial charge in [0.05, 0.1) is 19.8 Å². The maximum absolute atomic E-state index is 11.2. The zero-order chi connectivity index (χ0) is 9.68. The van der Waals surface area contributed by atoms with Crippen molar-refractivity contribution in [2.45, 2.75) is 25.9 Å². The van der Waals surface area contributed by atoms with Gasteiger partial charge in [-0.3, -0.25) is 0 Å². The van der Waals surface area contributed by atoms with E-state index in [1.165, 1.54) is 7.11 Å². The van der Waals surface area contributed by atoms with Crippen molar-refractivity contribution in [1.29, 1.82) is 0 Å². The minimum atomic E-state index is -0.246. The van der Waals surface area contributed by atoms with E-state index in [-0.39, 0.29) is 12.2 Å². The number of rotatable bonds is 1. The minimum absolute atomic E-state index is 0.168. The van der Waals surface area contributed by atoms with E-state index in [1.807, 2.05) is 0 Å². The van der Waals surface area contributed by atoms with Gasteiger partial charge in [-0.1, -0.05) is 6.92 Å². The van der Waals surface area contributed by atoms with Crippen LogP contribution in [-0.2, 0) is 9.47 Å². The highest BCUT2D eigenvalue weighted by Crippen LogP contribution is 2.09. The summed E-state index contributed by atoms with van der Waals surface area (Å²) < 4.78 is 10.2. The van der Waals surface area contributed by atoms with Gasteiger partial charge in [-0.2, -0.15) is 0 Å². The van der Waals surface area contributed by atoms with Gasteiger partial charge in [0.15, 0.2) is 0 Å². The second kappa shape index (κ2) is 5.07. The van der Waals surface area contributed by atoms with Crippen LogP contribution in [0.15, 0.2) is 0 Å². The molecule has 0 aromatic carbocycles. The predicted octanol–water partition coefficient (Wildman–Crippen LogP) is 1.25. The molecule has 1 rings (SSSR count). The molecule has 0 aliphatic carbocycles. The first kappa shape index (κ1) is 10.3. The number of hydrogen-bond acceptors (Lipinski definition) is 3. The molecule has 0 bridgehead atoms. The molecule has 76 valence electrons. The molecule has 4 heteroatoms. The lowest BCUT2D eigenvalue weighted by Gasteiger charge is -2.21. The molecule has 1 saturated heterocycles. The highest BCUT2D eigenvalue weighted by atomic mass is 16.5. The lowest BCUT2D eigenvalue weighted by molar-refractivity contribution is 0.0494. The van der Waals surface area contributed by atoms with Crippen LogP contribution in [0.25, 0.3) is 0 Å². The van der Waals surface area contributed by atoms with E-state index in [2.05, 4.69) is 11.7 Å². The molecule has 1 heterocycles. The summed E-state index contributed by atoms with van der Waals surface area (Å²) >= 11 is 0. The van der Waals surface area contributed by atoms with Gasteiger partial charge < -0.3 is 14.4 Å². The third-order valence-corrected chi connectivity index (χ3v) is 2.24. The Balaban J connectivity index is 2.48. The van der Waals surface area contributed by atoms with Crippen molar-refractivity contribution >= 4 is 6.09 Å². The van der Waals surface area contributed by atoms with Gasteiger partial charge in [0.1, 0.15) is 0 Å². The molecule has 1 aliphatic rings. The van der Waals surface area contributed by atoms with Crippen LogP contribution in [-0.4, -0.2) is 43.9 Å². The van der Waals surface area contributed by atoms with Gasteiger partial charge >= 0.3 is 6.09 Å². The number of methoxy groups -OCH3 is 1. The molecule has 0 spiro atoms. The second-order valence-corrected chi connectivity index (χ2v) is 3.17. The molecule has 1 aliphatic heterocycles. The Hall–Kier alpha value is -0.770. The summed E-state index contributed by atoms with van der Waals surface area (Å²) in [4.78, 5) is 12.9. The van der Waals surface area contributed by atoms with Crippen LogP contribution in [0.2, 0.25) is 0 Å². The summed E-state index contributed by atoms with van der Waals surface area (Å²) in [7, 11) is 1.41. The Bertz CT molecular complexity index is 172. The Morgan fingerprint density at radius 1 is 1.69 bits per heavy atom. The Morgan fingerprint density at radius 3 is 3.08 bits per heavy atom. The molecule has 1 fully saturated rings. The van der Waals surface area contributed by atoms with Crippen molar-refractivity contribution in [3.63, 3.8) is 0 Å². The fourth-order valence-corrected chi connectivity index (χ4v) is 1.44.